The Labute approximate surface area is 155 Å². The summed E-state index contributed by atoms with van der Waals surface area (Å²) in [6.45, 7) is 1.90. The van der Waals surface area contributed by atoms with Gasteiger partial charge in [-0.1, -0.05) is 6.92 Å². The van der Waals surface area contributed by atoms with Crippen LogP contribution in [0.15, 0.2) is 6.33 Å². The van der Waals surface area contributed by atoms with Crippen LogP contribution in [-0.2, 0) is 48.6 Å². The Balaban J connectivity index is 0.00000264. The third-order valence-corrected chi connectivity index (χ3v) is 3.48. The topological polar surface area (TPSA) is 110 Å². The van der Waals surface area contributed by atoms with E-state index < -0.39 is 32.5 Å². The maximum atomic E-state index is 14.1. The monoisotopic (exact) mass is 424 g/mol. The Morgan fingerprint density at radius 1 is 1.48 bits per heavy atom. The molecule has 23 heavy (non-hydrogen) atoms. The molecule has 0 bridgehead atoms. The molecule has 0 aliphatic carbocycles. The number of halogens is 2. The number of aryl methyl sites for hydroxylation is 1. The number of hydrogen-bond acceptors (Lipinski definition) is 5. The van der Waals surface area contributed by atoms with Gasteiger partial charge in [-0.3, -0.25) is 9.55 Å². The minimum Gasteiger partial charge on any atom is -0.369 e. The fourth-order valence-electron chi connectivity index (χ4n) is 1.75. The van der Waals surface area contributed by atoms with Crippen LogP contribution >= 0.6 is 7.60 Å². The summed E-state index contributed by atoms with van der Waals surface area (Å²) in [5, 5.41) is 0. The minimum absolute atomic E-state index is 0. The molecule has 2 rings (SSSR count). The maximum Gasteiger partial charge on any atom is 0.350 e. The molecule has 2 N–H and O–H groups in total. The van der Waals surface area contributed by atoms with Gasteiger partial charge in [-0.15, -0.1) is 0 Å². The summed E-state index contributed by atoms with van der Waals surface area (Å²) in [5.41, 5.74) is 1.10. The van der Waals surface area contributed by atoms with E-state index in [1.54, 1.807) is 6.92 Å². The predicted octanol–water partition coefficient (Wildman–Crippen LogP) is 1.11. The van der Waals surface area contributed by atoms with Crippen molar-refractivity contribution in [1.82, 2.24) is 19.5 Å². The number of rotatable bonds is 6. The standard InChI is InChI=1S/C11H14F2N4O4P.Y/c1-7-9-10(15-4-14-7)17(5-16-9)3-11(12,13)8(2)21-6-22(18,19)20;/h5,8H,3,6H2,1-2H3,(H2,18,19,20);/q-1;/t8-;/m1./s1. The predicted molar refractivity (Wildman–Crippen MR) is 71.3 cm³/mol. The van der Waals surface area contributed by atoms with Gasteiger partial charge in [0.05, 0.1) is 12.9 Å². The zero-order chi connectivity index (χ0) is 16.5. The molecule has 0 aliphatic rings. The van der Waals surface area contributed by atoms with Crippen LogP contribution in [0.3, 0.4) is 0 Å². The molecule has 0 spiro atoms. The Bertz CT molecular complexity index is 723. The van der Waals surface area contributed by atoms with Crippen LogP contribution < -0.4 is 0 Å². The van der Waals surface area contributed by atoms with Gasteiger partial charge < -0.3 is 29.1 Å². The molecule has 2 aromatic rings. The van der Waals surface area contributed by atoms with E-state index in [9.17, 15) is 13.3 Å². The largest absolute Gasteiger partial charge is 0.369 e. The number of alkyl halides is 2. The summed E-state index contributed by atoms with van der Waals surface area (Å²) in [7, 11) is -4.51. The minimum atomic E-state index is -4.51. The molecule has 12 heteroatoms. The van der Waals surface area contributed by atoms with E-state index in [0.717, 1.165) is 11.5 Å². The Morgan fingerprint density at radius 2 is 2.13 bits per heavy atom. The van der Waals surface area contributed by atoms with Crippen LogP contribution in [0.5, 0.6) is 0 Å². The summed E-state index contributed by atoms with van der Waals surface area (Å²) >= 11 is 0. The quantitative estimate of drug-likeness (QED) is 0.528. The molecule has 2 aromatic heterocycles. The van der Waals surface area contributed by atoms with Crippen LogP contribution in [0.1, 0.15) is 12.6 Å². The van der Waals surface area contributed by atoms with E-state index in [-0.39, 0.29) is 38.4 Å². The van der Waals surface area contributed by atoms with Crippen molar-refractivity contribution in [2.45, 2.75) is 32.4 Å². The molecule has 0 unspecified atom stereocenters. The molecule has 125 valence electrons. The van der Waals surface area contributed by atoms with Crippen LogP contribution in [0.4, 0.5) is 8.78 Å². The zero-order valence-corrected chi connectivity index (χ0v) is 16.1. The van der Waals surface area contributed by atoms with Crippen LogP contribution in [-0.4, -0.2) is 47.7 Å². The molecule has 0 saturated carbocycles. The first-order valence-electron chi connectivity index (χ1n) is 6.19. The molecule has 0 amide bonds. The number of imidazole rings is 1. The van der Waals surface area contributed by atoms with Gasteiger partial charge in [0.1, 0.15) is 12.5 Å². The average Bonchev–Trinajstić information content (AvgIpc) is 2.79. The normalized spacial score (nSPS) is 13.8. The molecule has 0 aliphatic heterocycles. The number of ether oxygens (including phenoxy) is 1. The van der Waals surface area contributed by atoms with Gasteiger partial charge in [-0.25, -0.2) is 8.78 Å². The summed E-state index contributed by atoms with van der Waals surface area (Å²) in [6, 6.07) is 0. The van der Waals surface area contributed by atoms with Crippen molar-refractivity contribution < 1.29 is 60.6 Å². The van der Waals surface area contributed by atoms with Gasteiger partial charge in [-0.2, -0.15) is 0 Å². The fraction of sp³-hybridized carbons (Fsp3) is 0.545. The maximum absolute atomic E-state index is 14.1. The van der Waals surface area contributed by atoms with Gasteiger partial charge in [0.25, 0.3) is 5.92 Å². The van der Waals surface area contributed by atoms with Gasteiger partial charge in [0.15, 0.2) is 0 Å². The molecular formula is C11H14F2N4O4PY-. The Hall–Kier alpha value is -0.376. The molecule has 0 fully saturated rings. The second-order valence-electron chi connectivity index (χ2n) is 4.82. The third kappa shape index (κ3) is 5.30. The van der Waals surface area contributed by atoms with Gasteiger partial charge in [-0.05, 0) is 12.6 Å². The summed E-state index contributed by atoms with van der Waals surface area (Å²) in [4.78, 5) is 28.9. The first kappa shape index (κ1) is 20.7. The van der Waals surface area contributed by atoms with E-state index in [4.69, 9.17) is 9.79 Å². The van der Waals surface area contributed by atoms with E-state index in [0.29, 0.717) is 11.2 Å². The molecular weight excluding hydrogens is 410 g/mol. The van der Waals surface area contributed by atoms with Gasteiger partial charge in [0, 0.05) is 50.2 Å². The van der Waals surface area contributed by atoms with E-state index in [2.05, 4.69) is 26.0 Å². The first-order chi connectivity index (χ1) is 10.1. The number of hydrogen-bond donors (Lipinski definition) is 2. The van der Waals surface area contributed by atoms with Gasteiger partial charge in [0.2, 0.25) is 0 Å². The van der Waals surface area contributed by atoms with Crippen molar-refractivity contribution in [3.05, 3.63) is 18.3 Å². The van der Waals surface area contributed by atoms with Crippen molar-refractivity contribution in [3.63, 3.8) is 0 Å². The average molecular weight is 424 g/mol. The van der Waals surface area contributed by atoms with E-state index >= 15 is 0 Å². The van der Waals surface area contributed by atoms with E-state index in [1.807, 2.05) is 0 Å². The van der Waals surface area contributed by atoms with Crippen molar-refractivity contribution in [1.29, 1.82) is 0 Å². The van der Waals surface area contributed by atoms with Crippen molar-refractivity contribution in [3.8, 4) is 0 Å². The Morgan fingerprint density at radius 3 is 2.74 bits per heavy atom. The van der Waals surface area contributed by atoms with Gasteiger partial charge >= 0.3 is 7.60 Å². The summed E-state index contributed by atoms with van der Waals surface area (Å²) in [5.74, 6) is -3.37. The summed E-state index contributed by atoms with van der Waals surface area (Å²) in [6.07, 6.45) is 0.792. The second kappa shape index (κ2) is 7.67. The molecule has 1 atom stereocenters. The van der Waals surface area contributed by atoms with Crippen LogP contribution in [0.25, 0.3) is 11.2 Å². The Kier molecular flexibility index (Phi) is 6.89. The number of nitrogens with zero attached hydrogens (tertiary/aromatic N) is 4. The van der Waals surface area contributed by atoms with Crippen molar-refractivity contribution in [2.24, 2.45) is 0 Å². The first-order valence-corrected chi connectivity index (χ1v) is 7.99. The number of fused-ring (bicyclic) bond motifs is 1. The SMILES string of the molecule is Cc1n[c-]nc2c1ncn2CC(F)(F)[C@@H](C)OCP(=O)(O)O.[Y]. The van der Waals surface area contributed by atoms with Crippen molar-refractivity contribution >= 4 is 18.8 Å². The summed E-state index contributed by atoms with van der Waals surface area (Å²) < 4.78 is 44.6. The van der Waals surface area contributed by atoms with Crippen LogP contribution in [0, 0.1) is 13.3 Å². The molecule has 0 saturated heterocycles. The second-order valence-corrected chi connectivity index (χ2v) is 6.40. The third-order valence-electron chi connectivity index (χ3n) is 3.00. The smallest absolute Gasteiger partial charge is 0.350 e. The molecule has 8 nitrogen and oxygen atoms in total. The van der Waals surface area contributed by atoms with E-state index in [1.165, 1.54) is 6.33 Å². The fourth-order valence-corrected chi connectivity index (χ4v) is 2.17. The molecule has 1 radical (unpaired) electrons. The molecule has 0 aromatic carbocycles. The zero-order valence-electron chi connectivity index (χ0n) is 12.3. The number of aromatic nitrogens is 4. The molecule has 2 heterocycles. The van der Waals surface area contributed by atoms with Crippen LogP contribution in [0.2, 0.25) is 0 Å². The van der Waals surface area contributed by atoms with Crippen molar-refractivity contribution in [2.75, 3.05) is 6.35 Å².